The van der Waals surface area contributed by atoms with Gasteiger partial charge in [0.2, 0.25) is 0 Å². The molecule has 0 saturated carbocycles. The summed E-state index contributed by atoms with van der Waals surface area (Å²) in [5, 5.41) is 8.11. The van der Waals surface area contributed by atoms with E-state index in [9.17, 15) is 13.2 Å². The van der Waals surface area contributed by atoms with Crippen molar-refractivity contribution < 1.29 is 13.2 Å². The SMILES string of the molecule is Nc1ccc(-c2nnc3c(Cl)cc(C(F)(F)F)cn23)s1. The summed E-state index contributed by atoms with van der Waals surface area (Å²) in [5.74, 6) is 0.273. The quantitative estimate of drug-likeness (QED) is 0.744. The number of anilines is 1. The third-order valence-corrected chi connectivity index (χ3v) is 3.82. The predicted molar refractivity (Wildman–Crippen MR) is 70.7 cm³/mol. The van der Waals surface area contributed by atoms with E-state index in [4.69, 9.17) is 17.3 Å². The van der Waals surface area contributed by atoms with Crippen LogP contribution in [0.15, 0.2) is 24.4 Å². The molecule has 0 atom stereocenters. The van der Waals surface area contributed by atoms with Crippen LogP contribution in [0.25, 0.3) is 16.3 Å². The summed E-state index contributed by atoms with van der Waals surface area (Å²) >= 11 is 7.04. The van der Waals surface area contributed by atoms with Crippen molar-refractivity contribution in [3.63, 3.8) is 0 Å². The van der Waals surface area contributed by atoms with Gasteiger partial charge in [0.15, 0.2) is 11.5 Å². The number of aromatic nitrogens is 3. The van der Waals surface area contributed by atoms with Crippen LogP contribution in [0.5, 0.6) is 0 Å². The highest BCUT2D eigenvalue weighted by molar-refractivity contribution is 7.19. The van der Waals surface area contributed by atoms with E-state index < -0.39 is 11.7 Å². The molecular formula is C11H6ClF3N4S. The highest BCUT2D eigenvalue weighted by Gasteiger charge is 2.32. The molecule has 0 saturated heterocycles. The largest absolute Gasteiger partial charge is 0.417 e. The maximum absolute atomic E-state index is 12.8. The number of halogens is 4. The van der Waals surface area contributed by atoms with E-state index in [2.05, 4.69) is 10.2 Å². The molecule has 20 heavy (non-hydrogen) atoms. The average Bonchev–Trinajstić information content (AvgIpc) is 2.93. The second-order valence-electron chi connectivity index (χ2n) is 3.99. The molecule has 0 fully saturated rings. The summed E-state index contributed by atoms with van der Waals surface area (Å²) in [5.41, 5.74) is 4.92. The summed E-state index contributed by atoms with van der Waals surface area (Å²) in [6, 6.07) is 4.15. The fraction of sp³-hybridized carbons (Fsp3) is 0.0909. The Hall–Kier alpha value is -1.80. The molecule has 0 aliphatic heterocycles. The van der Waals surface area contributed by atoms with Gasteiger partial charge in [-0.25, -0.2) is 0 Å². The molecule has 9 heteroatoms. The van der Waals surface area contributed by atoms with Crippen LogP contribution in [0.3, 0.4) is 0 Å². The van der Waals surface area contributed by atoms with Crippen LogP contribution in [-0.4, -0.2) is 14.6 Å². The lowest BCUT2D eigenvalue weighted by Crippen LogP contribution is -2.07. The van der Waals surface area contributed by atoms with Crippen molar-refractivity contribution in [3.8, 4) is 10.7 Å². The standard InChI is InChI=1S/C11H6ClF3N4S/c12-6-3-5(11(13,14)15)4-19-9(6)17-18-10(19)7-1-2-8(16)20-7/h1-4H,16H2. The van der Waals surface area contributed by atoms with Crippen molar-refractivity contribution in [2.45, 2.75) is 6.18 Å². The monoisotopic (exact) mass is 318 g/mol. The van der Waals surface area contributed by atoms with Crippen LogP contribution >= 0.6 is 22.9 Å². The van der Waals surface area contributed by atoms with Crippen LogP contribution in [0.2, 0.25) is 5.02 Å². The van der Waals surface area contributed by atoms with E-state index in [1.165, 1.54) is 15.7 Å². The summed E-state index contributed by atoms with van der Waals surface area (Å²) in [6.07, 6.45) is -3.57. The van der Waals surface area contributed by atoms with Gasteiger partial charge in [0.25, 0.3) is 0 Å². The molecule has 0 spiro atoms. The van der Waals surface area contributed by atoms with Crippen LogP contribution in [0.4, 0.5) is 18.2 Å². The molecule has 4 nitrogen and oxygen atoms in total. The van der Waals surface area contributed by atoms with Crippen molar-refractivity contribution in [2.75, 3.05) is 5.73 Å². The van der Waals surface area contributed by atoms with Crippen LogP contribution in [-0.2, 0) is 6.18 Å². The molecule has 3 rings (SSSR count). The number of thiophene rings is 1. The molecule has 0 aromatic carbocycles. The second-order valence-corrected chi connectivity index (χ2v) is 5.52. The number of nitrogens with zero attached hydrogens (tertiary/aromatic N) is 3. The number of hydrogen-bond acceptors (Lipinski definition) is 4. The number of rotatable bonds is 1. The van der Waals surface area contributed by atoms with E-state index >= 15 is 0 Å². The van der Waals surface area contributed by atoms with Crippen molar-refractivity contribution in [1.82, 2.24) is 14.6 Å². The van der Waals surface area contributed by atoms with Crippen molar-refractivity contribution in [3.05, 3.63) is 35.0 Å². The topological polar surface area (TPSA) is 56.2 Å². The molecule has 0 aliphatic carbocycles. The number of pyridine rings is 1. The Balaban J connectivity index is 2.27. The van der Waals surface area contributed by atoms with E-state index in [-0.39, 0.29) is 16.5 Å². The Kier molecular flexibility index (Phi) is 2.87. The van der Waals surface area contributed by atoms with Gasteiger partial charge in [0.05, 0.1) is 20.5 Å². The van der Waals surface area contributed by atoms with Gasteiger partial charge in [-0.1, -0.05) is 11.6 Å². The molecular weight excluding hydrogens is 313 g/mol. The van der Waals surface area contributed by atoms with Gasteiger partial charge in [0, 0.05) is 6.20 Å². The predicted octanol–water partition coefficient (Wildman–Crippen LogP) is 3.71. The van der Waals surface area contributed by atoms with Gasteiger partial charge < -0.3 is 5.73 Å². The molecule has 0 aliphatic rings. The fourth-order valence-electron chi connectivity index (χ4n) is 1.75. The smallest absolute Gasteiger partial charge is 0.391 e. The van der Waals surface area contributed by atoms with Crippen LogP contribution in [0, 0.1) is 0 Å². The molecule has 3 heterocycles. The van der Waals surface area contributed by atoms with E-state index in [1.807, 2.05) is 0 Å². The summed E-state index contributed by atoms with van der Waals surface area (Å²) in [6.45, 7) is 0. The summed E-state index contributed by atoms with van der Waals surface area (Å²) in [7, 11) is 0. The minimum absolute atomic E-state index is 0.108. The summed E-state index contributed by atoms with van der Waals surface area (Å²) < 4.78 is 39.6. The first kappa shape index (κ1) is 13.2. The summed E-state index contributed by atoms with van der Waals surface area (Å²) in [4.78, 5) is 0.616. The maximum atomic E-state index is 12.8. The third kappa shape index (κ3) is 2.10. The highest BCUT2D eigenvalue weighted by Crippen LogP contribution is 2.34. The molecule has 0 amide bonds. The highest BCUT2D eigenvalue weighted by atomic mass is 35.5. The lowest BCUT2D eigenvalue weighted by molar-refractivity contribution is -0.137. The Morgan fingerprint density at radius 3 is 2.60 bits per heavy atom. The number of alkyl halides is 3. The normalized spacial score (nSPS) is 12.2. The zero-order valence-electron chi connectivity index (χ0n) is 9.65. The molecule has 3 aromatic rings. The molecule has 0 bridgehead atoms. The minimum Gasteiger partial charge on any atom is -0.391 e. The number of nitrogen functional groups attached to an aromatic ring is 1. The maximum Gasteiger partial charge on any atom is 0.417 e. The zero-order chi connectivity index (χ0) is 14.5. The van der Waals surface area contributed by atoms with E-state index in [0.717, 1.165) is 12.3 Å². The Bertz CT molecular complexity index is 793. The number of nitrogens with two attached hydrogens (primary N) is 1. The lowest BCUT2D eigenvalue weighted by atomic mass is 10.2. The van der Waals surface area contributed by atoms with Gasteiger partial charge in [-0.05, 0) is 18.2 Å². The average molecular weight is 319 g/mol. The zero-order valence-corrected chi connectivity index (χ0v) is 11.2. The van der Waals surface area contributed by atoms with Crippen molar-refractivity contribution >= 4 is 33.6 Å². The Morgan fingerprint density at radius 2 is 2.00 bits per heavy atom. The number of fused-ring (bicyclic) bond motifs is 1. The van der Waals surface area contributed by atoms with Gasteiger partial charge in [-0.2, -0.15) is 13.2 Å². The molecule has 0 unspecified atom stereocenters. The first-order valence-electron chi connectivity index (χ1n) is 5.33. The van der Waals surface area contributed by atoms with Crippen molar-refractivity contribution in [1.29, 1.82) is 0 Å². The Labute approximate surface area is 119 Å². The van der Waals surface area contributed by atoms with Gasteiger partial charge >= 0.3 is 6.18 Å². The Morgan fingerprint density at radius 1 is 1.25 bits per heavy atom. The fourth-order valence-corrected chi connectivity index (χ4v) is 2.75. The molecule has 0 radical (unpaired) electrons. The lowest BCUT2D eigenvalue weighted by Gasteiger charge is -2.08. The van der Waals surface area contributed by atoms with Gasteiger partial charge in [-0.15, -0.1) is 21.5 Å². The van der Waals surface area contributed by atoms with E-state index in [1.54, 1.807) is 12.1 Å². The van der Waals surface area contributed by atoms with Crippen LogP contribution < -0.4 is 5.73 Å². The number of hydrogen-bond donors (Lipinski definition) is 1. The minimum atomic E-state index is -4.49. The van der Waals surface area contributed by atoms with E-state index in [0.29, 0.717) is 9.88 Å². The first-order chi connectivity index (χ1) is 9.36. The third-order valence-electron chi connectivity index (χ3n) is 2.63. The molecule has 104 valence electrons. The molecule has 3 aromatic heterocycles. The second kappa shape index (κ2) is 4.35. The van der Waals surface area contributed by atoms with Gasteiger partial charge in [0.1, 0.15) is 0 Å². The van der Waals surface area contributed by atoms with Crippen molar-refractivity contribution in [2.24, 2.45) is 0 Å². The first-order valence-corrected chi connectivity index (χ1v) is 6.53. The molecule has 2 N–H and O–H groups in total. The van der Waals surface area contributed by atoms with Crippen LogP contribution in [0.1, 0.15) is 5.56 Å². The van der Waals surface area contributed by atoms with Gasteiger partial charge in [-0.3, -0.25) is 4.40 Å².